The third-order valence-electron chi connectivity index (χ3n) is 5.71. The van der Waals surface area contributed by atoms with Gasteiger partial charge in [0.05, 0.1) is 11.8 Å². The van der Waals surface area contributed by atoms with Crippen LogP contribution in [0.3, 0.4) is 0 Å². The van der Waals surface area contributed by atoms with Crippen molar-refractivity contribution in [3.63, 3.8) is 0 Å². The SMILES string of the molecule is Cc1cc(C)nc(C(C(N)=O)c2cccc(CC(C)(C)NCC(O)c3cc(O)cc(O)c3)c2)c1. The molecule has 0 saturated heterocycles. The zero-order valence-corrected chi connectivity index (χ0v) is 20.0. The first kappa shape index (κ1) is 25.2. The Morgan fingerprint density at radius 2 is 1.71 bits per heavy atom. The molecule has 3 aromatic rings. The van der Waals surface area contributed by atoms with E-state index in [0.29, 0.717) is 17.7 Å². The summed E-state index contributed by atoms with van der Waals surface area (Å²) < 4.78 is 0. The molecule has 2 aromatic carbocycles. The van der Waals surface area contributed by atoms with E-state index in [4.69, 9.17) is 5.73 Å². The minimum Gasteiger partial charge on any atom is -0.508 e. The third-order valence-corrected chi connectivity index (χ3v) is 5.71. The quantitative estimate of drug-likeness (QED) is 0.331. The summed E-state index contributed by atoms with van der Waals surface area (Å²) in [5, 5.41) is 33.2. The van der Waals surface area contributed by atoms with Crippen molar-refractivity contribution >= 4 is 5.91 Å². The number of phenols is 2. The molecule has 0 bridgehead atoms. The fourth-order valence-electron chi connectivity index (χ4n) is 4.26. The Kier molecular flexibility index (Phi) is 7.59. The number of amides is 1. The van der Waals surface area contributed by atoms with Gasteiger partial charge < -0.3 is 26.4 Å². The van der Waals surface area contributed by atoms with Crippen LogP contribution in [0.2, 0.25) is 0 Å². The number of aliphatic hydroxyl groups is 1. The number of aliphatic hydroxyl groups excluding tert-OH is 1. The van der Waals surface area contributed by atoms with Crippen LogP contribution in [0.1, 0.15) is 59.5 Å². The molecule has 0 fully saturated rings. The molecule has 1 aromatic heterocycles. The van der Waals surface area contributed by atoms with Crippen LogP contribution < -0.4 is 11.1 Å². The van der Waals surface area contributed by atoms with Crippen LogP contribution in [0.15, 0.2) is 54.6 Å². The number of hydrogen-bond acceptors (Lipinski definition) is 6. The number of nitrogens with zero attached hydrogens (tertiary/aromatic N) is 1. The predicted octanol–water partition coefficient (Wildman–Crippen LogP) is 3.37. The Morgan fingerprint density at radius 1 is 1.03 bits per heavy atom. The summed E-state index contributed by atoms with van der Waals surface area (Å²) in [6, 6.07) is 15.7. The van der Waals surface area contributed by atoms with Gasteiger partial charge in [-0.05, 0) is 80.6 Å². The first-order valence-corrected chi connectivity index (χ1v) is 11.2. The van der Waals surface area contributed by atoms with E-state index in [0.717, 1.165) is 22.4 Å². The molecular weight excluding hydrogens is 430 g/mol. The highest BCUT2D eigenvalue weighted by Crippen LogP contribution is 2.27. The lowest BCUT2D eigenvalue weighted by Gasteiger charge is -2.28. The van der Waals surface area contributed by atoms with Crippen molar-refractivity contribution < 1.29 is 20.1 Å². The number of phenolic OH excluding ortho intramolecular Hbond substituents is 2. The van der Waals surface area contributed by atoms with Crippen LogP contribution in [0, 0.1) is 13.8 Å². The molecule has 7 nitrogen and oxygen atoms in total. The van der Waals surface area contributed by atoms with Crippen LogP contribution in [0.4, 0.5) is 0 Å². The van der Waals surface area contributed by atoms with E-state index in [1.807, 2.05) is 64.1 Å². The second-order valence-electron chi connectivity index (χ2n) is 9.53. The number of aromatic nitrogens is 1. The Morgan fingerprint density at radius 3 is 2.32 bits per heavy atom. The second kappa shape index (κ2) is 10.2. The Labute approximate surface area is 200 Å². The lowest BCUT2D eigenvalue weighted by molar-refractivity contribution is -0.118. The van der Waals surface area contributed by atoms with E-state index in [1.165, 1.54) is 18.2 Å². The molecule has 2 atom stereocenters. The predicted molar refractivity (Wildman–Crippen MR) is 132 cm³/mol. The van der Waals surface area contributed by atoms with E-state index >= 15 is 0 Å². The monoisotopic (exact) mass is 463 g/mol. The largest absolute Gasteiger partial charge is 0.508 e. The lowest BCUT2D eigenvalue weighted by atomic mass is 9.89. The summed E-state index contributed by atoms with van der Waals surface area (Å²) in [7, 11) is 0. The van der Waals surface area contributed by atoms with Crippen LogP contribution in [0.5, 0.6) is 11.5 Å². The number of nitrogens with two attached hydrogens (primary N) is 1. The molecular formula is C27H33N3O4. The minimum atomic E-state index is -0.904. The number of aryl methyl sites for hydroxylation is 2. The zero-order chi connectivity index (χ0) is 25.0. The highest BCUT2D eigenvalue weighted by molar-refractivity contribution is 5.85. The number of pyridine rings is 1. The molecule has 3 rings (SSSR count). The number of nitrogens with one attached hydrogen (secondary N) is 1. The summed E-state index contributed by atoms with van der Waals surface area (Å²) in [6.07, 6.45) is -0.275. The number of hydrogen-bond donors (Lipinski definition) is 5. The number of primary amides is 1. The van der Waals surface area contributed by atoms with Gasteiger partial charge in [-0.1, -0.05) is 24.3 Å². The molecule has 0 aliphatic rings. The van der Waals surface area contributed by atoms with E-state index in [9.17, 15) is 20.1 Å². The minimum absolute atomic E-state index is 0.104. The van der Waals surface area contributed by atoms with Crippen LogP contribution in [-0.2, 0) is 11.2 Å². The van der Waals surface area contributed by atoms with Gasteiger partial charge in [-0.25, -0.2) is 0 Å². The maximum absolute atomic E-state index is 12.4. The number of carbonyl (C=O) groups excluding carboxylic acids is 1. The number of β-amino-alcohol motifs (C(OH)–C–C–N with tert-alkyl or cyclic N) is 1. The second-order valence-corrected chi connectivity index (χ2v) is 9.53. The zero-order valence-electron chi connectivity index (χ0n) is 20.0. The molecule has 0 radical (unpaired) electrons. The topological polar surface area (TPSA) is 129 Å². The van der Waals surface area contributed by atoms with Crippen molar-refractivity contribution in [1.82, 2.24) is 10.3 Å². The highest BCUT2D eigenvalue weighted by Gasteiger charge is 2.24. The molecule has 1 amide bonds. The average Bonchev–Trinajstić information content (AvgIpc) is 2.70. The molecule has 2 unspecified atom stereocenters. The van der Waals surface area contributed by atoms with Crippen molar-refractivity contribution in [2.24, 2.45) is 5.73 Å². The summed E-state index contributed by atoms with van der Waals surface area (Å²) in [4.78, 5) is 16.9. The summed E-state index contributed by atoms with van der Waals surface area (Å²) in [5.74, 6) is -1.31. The van der Waals surface area contributed by atoms with Crippen molar-refractivity contribution in [3.8, 4) is 11.5 Å². The molecule has 1 heterocycles. The molecule has 0 aliphatic carbocycles. The molecule has 0 saturated carbocycles. The number of carbonyl (C=O) groups is 1. The molecule has 180 valence electrons. The van der Waals surface area contributed by atoms with Gasteiger partial charge in [0, 0.05) is 23.8 Å². The van der Waals surface area contributed by atoms with Crippen molar-refractivity contribution in [2.75, 3.05) is 6.54 Å². The average molecular weight is 464 g/mol. The van der Waals surface area contributed by atoms with Gasteiger partial charge in [-0.3, -0.25) is 9.78 Å². The third kappa shape index (κ3) is 6.56. The van der Waals surface area contributed by atoms with E-state index < -0.39 is 23.5 Å². The lowest BCUT2D eigenvalue weighted by Crippen LogP contribution is -2.43. The van der Waals surface area contributed by atoms with Gasteiger partial charge in [-0.2, -0.15) is 0 Å². The van der Waals surface area contributed by atoms with E-state index in [-0.39, 0.29) is 18.0 Å². The smallest absolute Gasteiger partial charge is 0.231 e. The Hall–Kier alpha value is -3.42. The first-order chi connectivity index (χ1) is 15.9. The Balaban J connectivity index is 1.75. The number of rotatable bonds is 9. The van der Waals surface area contributed by atoms with Gasteiger partial charge in [0.25, 0.3) is 0 Å². The van der Waals surface area contributed by atoms with Gasteiger partial charge >= 0.3 is 0 Å². The molecule has 0 aliphatic heterocycles. The van der Waals surface area contributed by atoms with Gasteiger partial charge in [-0.15, -0.1) is 0 Å². The molecule has 34 heavy (non-hydrogen) atoms. The summed E-state index contributed by atoms with van der Waals surface area (Å²) in [5.41, 5.74) is 10.1. The number of aromatic hydroxyl groups is 2. The standard InChI is InChI=1S/C27H33N3O4/c1-16-8-17(2)30-23(9-16)25(26(28)34)19-7-5-6-18(10-19)14-27(3,4)29-15-24(33)20-11-21(31)13-22(32)12-20/h5-13,24-25,29,31-33H,14-15H2,1-4H3,(H2,28,34). The van der Waals surface area contributed by atoms with E-state index in [1.54, 1.807) is 0 Å². The number of benzene rings is 2. The van der Waals surface area contributed by atoms with Crippen LogP contribution >= 0.6 is 0 Å². The first-order valence-electron chi connectivity index (χ1n) is 11.2. The maximum Gasteiger partial charge on any atom is 0.231 e. The normalized spacial score (nSPS) is 13.4. The summed E-state index contributed by atoms with van der Waals surface area (Å²) >= 11 is 0. The van der Waals surface area contributed by atoms with Crippen LogP contribution in [-0.4, -0.2) is 38.3 Å². The molecule has 7 heteroatoms. The van der Waals surface area contributed by atoms with Crippen molar-refractivity contribution in [2.45, 2.75) is 51.7 Å². The Bertz CT molecular complexity index is 1140. The van der Waals surface area contributed by atoms with Gasteiger partial charge in [0.2, 0.25) is 5.91 Å². The van der Waals surface area contributed by atoms with E-state index in [2.05, 4.69) is 10.3 Å². The van der Waals surface area contributed by atoms with Crippen LogP contribution in [0.25, 0.3) is 0 Å². The fraction of sp³-hybridized carbons (Fsp3) is 0.333. The maximum atomic E-state index is 12.4. The van der Waals surface area contributed by atoms with Crippen molar-refractivity contribution in [3.05, 3.63) is 88.2 Å². The molecule has 0 spiro atoms. The van der Waals surface area contributed by atoms with Gasteiger partial charge in [0.15, 0.2) is 0 Å². The van der Waals surface area contributed by atoms with Crippen molar-refractivity contribution in [1.29, 1.82) is 0 Å². The highest BCUT2D eigenvalue weighted by atomic mass is 16.3. The van der Waals surface area contributed by atoms with Gasteiger partial charge in [0.1, 0.15) is 17.4 Å². The fourth-order valence-corrected chi connectivity index (χ4v) is 4.26. The molecule has 6 N–H and O–H groups in total. The summed E-state index contributed by atoms with van der Waals surface area (Å²) in [6.45, 7) is 8.12.